The van der Waals surface area contributed by atoms with Crippen molar-refractivity contribution < 1.29 is 13.9 Å². The molecule has 2 heterocycles. The Morgan fingerprint density at radius 1 is 1.39 bits per heavy atom. The number of halogens is 3. The molecule has 0 radical (unpaired) electrons. The molecule has 1 saturated heterocycles. The molecule has 0 aliphatic carbocycles. The summed E-state index contributed by atoms with van der Waals surface area (Å²) in [5.41, 5.74) is 6.74. The molecule has 156 valence electrons. The molecule has 2 unspecified atom stereocenters. The zero-order chi connectivity index (χ0) is 18.7. The molecule has 1 fully saturated rings. The Labute approximate surface area is 181 Å². The van der Waals surface area contributed by atoms with Crippen LogP contribution >= 0.6 is 36.2 Å². The SMILES string of the molecule is Cc1nc(COc2ccc(F)cc2)sc1C(=O)N1CCCC(C(C)N)C1.Cl.Cl. The van der Waals surface area contributed by atoms with Gasteiger partial charge in [0.25, 0.3) is 5.91 Å². The summed E-state index contributed by atoms with van der Waals surface area (Å²) in [4.78, 5) is 19.9. The highest BCUT2D eigenvalue weighted by atomic mass is 35.5. The number of aromatic nitrogens is 1. The number of aryl methyl sites for hydroxylation is 1. The number of likely N-dealkylation sites (tertiary alicyclic amines) is 1. The van der Waals surface area contributed by atoms with E-state index < -0.39 is 0 Å². The zero-order valence-corrected chi connectivity index (χ0v) is 18.3. The van der Waals surface area contributed by atoms with Gasteiger partial charge >= 0.3 is 0 Å². The van der Waals surface area contributed by atoms with Crippen molar-refractivity contribution in [3.63, 3.8) is 0 Å². The van der Waals surface area contributed by atoms with Crippen LogP contribution in [0.15, 0.2) is 24.3 Å². The monoisotopic (exact) mass is 449 g/mol. The number of piperidine rings is 1. The Balaban J connectivity index is 0.00000196. The first-order valence-electron chi connectivity index (χ1n) is 8.83. The molecule has 9 heteroatoms. The van der Waals surface area contributed by atoms with Crippen molar-refractivity contribution in [2.75, 3.05) is 13.1 Å². The molecule has 28 heavy (non-hydrogen) atoms. The molecule has 1 aromatic heterocycles. The van der Waals surface area contributed by atoms with Crippen LogP contribution < -0.4 is 10.5 Å². The van der Waals surface area contributed by atoms with Gasteiger partial charge in [-0.05, 0) is 56.9 Å². The van der Waals surface area contributed by atoms with Crippen molar-refractivity contribution in [1.29, 1.82) is 0 Å². The zero-order valence-electron chi connectivity index (χ0n) is 15.9. The Morgan fingerprint density at radius 2 is 2.07 bits per heavy atom. The van der Waals surface area contributed by atoms with E-state index in [9.17, 15) is 9.18 Å². The third-order valence-electron chi connectivity index (χ3n) is 4.70. The summed E-state index contributed by atoms with van der Waals surface area (Å²) in [5.74, 6) is 0.644. The van der Waals surface area contributed by atoms with Gasteiger partial charge in [-0.2, -0.15) is 0 Å². The Morgan fingerprint density at radius 3 is 2.71 bits per heavy atom. The van der Waals surface area contributed by atoms with Gasteiger partial charge in [0.05, 0.1) is 5.69 Å². The van der Waals surface area contributed by atoms with Crippen molar-refractivity contribution in [2.24, 2.45) is 11.7 Å². The first kappa shape index (κ1) is 24.6. The number of hydrogen-bond acceptors (Lipinski definition) is 5. The minimum absolute atomic E-state index is 0. The predicted molar refractivity (Wildman–Crippen MR) is 114 cm³/mol. The van der Waals surface area contributed by atoms with E-state index in [1.54, 1.807) is 12.1 Å². The molecule has 2 N–H and O–H groups in total. The standard InChI is InChI=1S/C19H24FN3O2S.2ClH/c1-12(21)14-4-3-9-23(10-14)19(24)18-13(2)22-17(26-18)11-25-16-7-5-15(20)6-8-16;;/h5-8,12,14H,3-4,9-11,21H2,1-2H3;2*1H. The van der Waals surface area contributed by atoms with Crippen molar-refractivity contribution in [3.05, 3.63) is 45.7 Å². The molecule has 2 aromatic rings. The highest BCUT2D eigenvalue weighted by molar-refractivity contribution is 7.13. The summed E-state index contributed by atoms with van der Waals surface area (Å²) in [6, 6.07) is 5.94. The molecular formula is C19H26Cl2FN3O2S. The topological polar surface area (TPSA) is 68.5 Å². The number of thiazole rings is 1. The average Bonchev–Trinajstić information content (AvgIpc) is 3.01. The summed E-state index contributed by atoms with van der Waals surface area (Å²) >= 11 is 1.36. The number of nitrogens with zero attached hydrogens (tertiary/aromatic N) is 2. The molecule has 0 bridgehead atoms. The molecule has 1 aromatic carbocycles. The van der Waals surface area contributed by atoms with Gasteiger partial charge in [-0.15, -0.1) is 36.2 Å². The van der Waals surface area contributed by atoms with Crippen LogP contribution in [0.4, 0.5) is 4.39 Å². The molecule has 5 nitrogen and oxygen atoms in total. The van der Waals surface area contributed by atoms with Crippen LogP contribution in [0.1, 0.15) is 40.1 Å². The fourth-order valence-electron chi connectivity index (χ4n) is 3.16. The fourth-order valence-corrected chi connectivity index (χ4v) is 4.10. The molecule has 0 spiro atoms. The van der Waals surface area contributed by atoms with E-state index in [0.29, 0.717) is 23.1 Å². The van der Waals surface area contributed by atoms with Crippen LogP contribution in [0.25, 0.3) is 0 Å². The summed E-state index contributed by atoms with van der Waals surface area (Å²) in [6.45, 7) is 5.57. The van der Waals surface area contributed by atoms with Gasteiger partial charge in [0.15, 0.2) is 0 Å². The predicted octanol–water partition coefficient (Wildman–Crippen LogP) is 4.21. The smallest absolute Gasteiger partial charge is 0.265 e. The second-order valence-corrected chi connectivity index (χ2v) is 7.86. The minimum atomic E-state index is -0.304. The second-order valence-electron chi connectivity index (χ2n) is 6.78. The van der Waals surface area contributed by atoms with Crippen molar-refractivity contribution in [2.45, 2.75) is 39.3 Å². The molecule has 0 saturated carbocycles. The van der Waals surface area contributed by atoms with E-state index in [1.165, 1.54) is 23.5 Å². The fraction of sp³-hybridized carbons (Fsp3) is 0.474. The number of rotatable bonds is 5. The van der Waals surface area contributed by atoms with Crippen LogP contribution in [0.2, 0.25) is 0 Å². The number of carbonyl (C=O) groups excluding carboxylic acids is 1. The first-order chi connectivity index (χ1) is 12.4. The molecule has 2 atom stereocenters. The second kappa shape index (κ2) is 11.0. The number of carbonyl (C=O) groups is 1. The van der Waals surface area contributed by atoms with E-state index in [4.69, 9.17) is 10.5 Å². The molecule has 1 amide bonds. The van der Waals surface area contributed by atoms with Crippen molar-refractivity contribution >= 4 is 42.1 Å². The summed E-state index contributed by atoms with van der Waals surface area (Å²) in [7, 11) is 0. The van der Waals surface area contributed by atoms with Gasteiger partial charge in [0.1, 0.15) is 28.1 Å². The maximum absolute atomic E-state index is 12.9. The lowest BCUT2D eigenvalue weighted by molar-refractivity contribution is 0.0665. The van der Waals surface area contributed by atoms with Gasteiger partial charge in [-0.3, -0.25) is 4.79 Å². The highest BCUT2D eigenvalue weighted by Gasteiger charge is 2.28. The van der Waals surface area contributed by atoms with E-state index in [1.807, 2.05) is 18.7 Å². The van der Waals surface area contributed by atoms with Gasteiger partial charge in [-0.25, -0.2) is 9.37 Å². The third kappa shape index (κ3) is 6.04. The van der Waals surface area contributed by atoms with Crippen molar-refractivity contribution in [1.82, 2.24) is 9.88 Å². The highest BCUT2D eigenvalue weighted by Crippen LogP contribution is 2.25. The van der Waals surface area contributed by atoms with Gasteiger partial charge in [-0.1, -0.05) is 0 Å². The first-order valence-corrected chi connectivity index (χ1v) is 9.65. The van der Waals surface area contributed by atoms with Gasteiger partial charge in [0.2, 0.25) is 0 Å². The summed E-state index contributed by atoms with van der Waals surface area (Å²) < 4.78 is 18.6. The summed E-state index contributed by atoms with van der Waals surface area (Å²) in [5, 5.41) is 0.732. The number of ether oxygens (including phenoxy) is 1. The maximum Gasteiger partial charge on any atom is 0.265 e. The number of amides is 1. The average molecular weight is 450 g/mol. The largest absolute Gasteiger partial charge is 0.486 e. The maximum atomic E-state index is 12.9. The lowest BCUT2D eigenvalue weighted by atomic mass is 9.92. The third-order valence-corrected chi connectivity index (χ3v) is 5.82. The van der Waals surface area contributed by atoms with Gasteiger partial charge in [0, 0.05) is 19.1 Å². The van der Waals surface area contributed by atoms with Crippen molar-refractivity contribution in [3.8, 4) is 5.75 Å². The van der Waals surface area contributed by atoms with Gasteiger partial charge < -0.3 is 15.4 Å². The van der Waals surface area contributed by atoms with Crippen LogP contribution in [0.5, 0.6) is 5.75 Å². The van der Waals surface area contributed by atoms with Crippen LogP contribution in [-0.2, 0) is 6.61 Å². The van der Waals surface area contributed by atoms with E-state index in [-0.39, 0.29) is 49.2 Å². The number of nitrogens with two attached hydrogens (primary N) is 1. The molecule has 3 rings (SSSR count). The quantitative estimate of drug-likeness (QED) is 0.741. The number of benzene rings is 1. The van der Waals surface area contributed by atoms with Crippen LogP contribution in [0.3, 0.4) is 0 Å². The summed E-state index contributed by atoms with van der Waals surface area (Å²) in [6.07, 6.45) is 2.05. The Kier molecular flexibility index (Phi) is 9.63. The number of hydrogen-bond donors (Lipinski definition) is 1. The normalized spacial score (nSPS) is 17.3. The Hall–Kier alpha value is -1.41. The lowest BCUT2D eigenvalue weighted by Crippen LogP contribution is -2.45. The molecule has 1 aliphatic rings. The minimum Gasteiger partial charge on any atom is -0.486 e. The Bertz CT molecular complexity index is 771. The lowest BCUT2D eigenvalue weighted by Gasteiger charge is -2.34. The van der Waals surface area contributed by atoms with E-state index in [0.717, 1.165) is 30.1 Å². The van der Waals surface area contributed by atoms with E-state index in [2.05, 4.69) is 4.98 Å². The van der Waals surface area contributed by atoms with Crippen LogP contribution in [-0.4, -0.2) is 34.9 Å². The van der Waals surface area contributed by atoms with E-state index >= 15 is 0 Å². The van der Waals surface area contributed by atoms with Crippen LogP contribution in [0, 0.1) is 18.7 Å². The molecule has 1 aliphatic heterocycles. The molecular weight excluding hydrogens is 424 g/mol.